The molecule has 0 unspecified atom stereocenters. The standard InChI is InChI=1S/C52H35N3S/c1-5-18-37(19-6-1)53(38-20-7-2-8-21-38)42-33-48(54(39-22-9-3-10-23-39)40-24-11-4-12-25-40)51-46-32-30-41(34-49(46)56-50(51)35-42)55-47-28-16-15-27-44(47)45-31-29-36-17-13-14-26-43(36)52(45)55/h1-35H. The van der Waals surface area contributed by atoms with Gasteiger partial charge in [-0.15, -0.1) is 11.3 Å². The monoisotopic (exact) mass is 733 g/mol. The van der Waals surface area contributed by atoms with Gasteiger partial charge in [0.15, 0.2) is 0 Å². The molecule has 11 rings (SSSR count). The molecule has 0 aliphatic carbocycles. The van der Waals surface area contributed by atoms with Crippen molar-refractivity contribution < 1.29 is 0 Å². The Morgan fingerprint density at radius 1 is 0.357 bits per heavy atom. The number of nitrogens with zero attached hydrogens (tertiary/aromatic N) is 3. The molecule has 0 saturated heterocycles. The first-order valence-electron chi connectivity index (χ1n) is 19.0. The van der Waals surface area contributed by atoms with E-state index in [-0.39, 0.29) is 0 Å². The third kappa shape index (κ3) is 5.26. The highest BCUT2D eigenvalue weighted by Gasteiger charge is 2.23. The molecule has 0 saturated carbocycles. The summed E-state index contributed by atoms with van der Waals surface area (Å²) in [5.74, 6) is 0. The topological polar surface area (TPSA) is 11.4 Å². The molecule has 2 aromatic heterocycles. The average molecular weight is 734 g/mol. The maximum Gasteiger partial charge on any atom is 0.0619 e. The number of rotatable bonds is 7. The van der Waals surface area contributed by atoms with Gasteiger partial charge in [0.05, 0.1) is 16.7 Å². The van der Waals surface area contributed by atoms with Gasteiger partial charge in [-0.25, -0.2) is 0 Å². The van der Waals surface area contributed by atoms with Crippen LogP contribution in [0.5, 0.6) is 0 Å². The van der Waals surface area contributed by atoms with Crippen LogP contribution >= 0.6 is 11.3 Å². The van der Waals surface area contributed by atoms with E-state index in [9.17, 15) is 0 Å². The number of fused-ring (bicyclic) bond motifs is 8. The predicted molar refractivity (Wildman–Crippen MR) is 241 cm³/mol. The average Bonchev–Trinajstić information content (AvgIpc) is 3.81. The van der Waals surface area contributed by atoms with Gasteiger partial charge in [0.2, 0.25) is 0 Å². The number of hydrogen-bond donors (Lipinski definition) is 0. The first kappa shape index (κ1) is 32.3. The van der Waals surface area contributed by atoms with Crippen LogP contribution in [0.15, 0.2) is 212 Å². The Labute approximate surface area is 329 Å². The minimum absolute atomic E-state index is 1.10. The van der Waals surface area contributed by atoms with E-state index in [1.54, 1.807) is 0 Å². The van der Waals surface area contributed by atoms with Crippen LogP contribution in [-0.4, -0.2) is 4.57 Å². The van der Waals surface area contributed by atoms with Gasteiger partial charge in [-0.2, -0.15) is 0 Å². The summed E-state index contributed by atoms with van der Waals surface area (Å²) in [7, 11) is 0. The van der Waals surface area contributed by atoms with Crippen LogP contribution in [-0.2, 0) is 0 Å². The SMILES string of the molecule is c1ccc(N(c2ccccc2)c2cc(N(c3ccccc3)c3ccccc3)c3c(c2)sc2cc(-n4c5ccccc5c5ccc6ccccc6c54)ccc23)cc1. The number of hydrogen-bond acceptors (Lipinski definition) is 3. The van der Waals surface area contributed by atoms with Gasteiger partial charge in [-0.3, -0.25) is 0 Å². The van der Waals surface area contributed by atoms with E-state index in [4.69, 9.17) is 0 Å². The van der Waals surface area contributed by atoms with Crippen molar-refractivity contribution in [3.8, 4) is 5.69 Å². The number of thiophene rings is 1. The Hall–Kier alpha value is -7.14. The lowest BCUT2D eigenvalue weighted by Crippen LogP contribution is -2.13. The van der Waals surface area contributed by atoms with Crippen LogP contribution in [0.25, 0.3) is 58.4 Å². The third-order valence-electron chi connectivity index (χ3n) is 10.9. The zero-order valence-corrected chi connectivity index (χ0v) is 31.3. The summed E-state index contributed by atoms with van der Waals surface area (Å²) in [5, 5.41) is 7.51. The van der Waals surface area contributed by atoms with Crippen LogP contribution in [0.4, 0.5) is 34.1 Å². The van der Waals surface area contributed by atoms with E-state index in [2.05, 4.69) is 227 Å². The molecule has 0 fully saturated rings. The van der Waals surface area contributed by atoms with E-state index in [0.29, 0.717) is 0 Å². The highest BCUT2D eigenvalue weighted by Crippen LogP contribution is 2.49. The summed E-state index contributed by atoms with van der Waals surface area (Å²) in [6, 6.07) is 76.8. The molecule has 3 nitrogen and oxygen atoms in total. The van der Waals surface area contributed by atoms with Crippen LogP contribution in [0.1, 0.15) is 0 Å². The molecule has 0 spiro atoms. The predicted octanol–water partition coefficient (Wildman–Crippen LogP) is 15.2. The second kappa shape index (κ2) is 13.3. The van der Waals surface area contributed by atoms with Crippen molar-refractivity contribution in [2.24, 2.45) is 0 Å². The summed E-state index contributed by atoms with van der Waals surface area (Å²) < 4.78 is 4.94. The Kier molecular flexibility index (Phi) is 7.68. The Morgan fingerprint density at radius 3 is 1.54 bits per heavy atom. The minimum atomic E-state index is 1.10. The van der Waals surface area contributed by atoms with Crippen LogP contribution in [0.2, 0.25) is 0 Å². The summed E-state index contributed by atoms with van der Waals surface area (Å²) in [5.41, 5.74) is 10.3. The van der Waals surface area contributed by atoms with Crippen molar-refractivity contribution in [2.75, 3.05) is 9.80 Å². The van der Waals surface area contributed by atoms with Gasteiger partial charge in [-0.1, -0.05) is 133 Å². The van der Waals surface area contributed by atoms with Crippen molar-refractivity contribution in [2.45, 2.75) is 0 Å². The Morgan fingerprint density at radius 2 is 0.893 bits per heavy atom. The molecule has 264 valence electrons. The first-order chi connectivity index (χ1) is 27.8. The molecule has 0 aliphatic rings. The van der Waals surface area contributed by atoms with Gasteiger partial charge in [-0.05, 0) is 84.2 Å². The molecule has 0 radical (unpaired) electrons. The number of para-hydroxylation sites is 5. The second-order valence-corrected chi connectivity index (χ2v) is 15.3. The van der Waals surface area contributed by atoms with Gasteiger partial charge < -0.3 is 14.4 Å². The smallest absolute Gasteiger partial charge is 0.0619 e. The third-order valence-corrected chi connectivity index (χ3v) is 12.0. The van der Waals surface area contributed by atoms with E-state index in [1.807, 2.05) is 11.3 Å². The summed E-state index contributed by atoms with van der Waals surface area (Å²) >= 11 is 1.86. The number of aromatic nitrogens is 1. The van der Waals surface area contributed by atoms with Gasteiger partial charge in [0.25, 0.3) is 0 Å². The van der Waals surface area contributed by atoms with E-state index < -0.39 is 0 Å². The maximum absolute atomic E-state index is 2.47. The molecular formula is C52H35N3S. The molecule has 0 aliphatic heterocycles. The highest BCUT2D eigenvalue weighted by molar-refractivity contribution is 7.26. The molecule has 9 aromatic carbocycles. The maximum atomic E-state index is 2.47. The largest absolute Gasteiger partial charge is 0.310 e. The molecule has 0 atom stereocenters. The van der Waals surface area contributed by atoms with Crippen molar-refractivity contribution in [3.05, 3.63) is 212 Å². The van der Waals surface area contributed by atoms with Crippen molar-refractivity contribution in [1.82, 2.24) is 4.57 Å². The van der Waals surface area contributed by atoms with Crippen LogP contribution in [0.3, 0.4) is 0 Å². The lowest BCUT2D eigenvalue weighted by Gasteiger charge is -2.30. The molecule has 11 aromatic rings. The highest BCUT2D eigenvalue weighted by atomic mass is 32.1. The fraction of sp³-hybridized carbons (Fsp3) is 0. The van der Waals surface area contributed by atoms with Crippen molar-refractivity contribution in [3.63, 3.8) is 0 Å². The number of benzene rings is 9. The normalized spacial score (nSPS) is 11.6. The molecular weight excluding hydrogens is 699 g/mol. The van der Waals surface area contributed by atoms with E-state index in [0.717, 1.165) is 39.8 Å². The van der Waals surface area contributed by atoms with Crippen molar-refractivity contribution >= 4 is 98.2 Å². The zero-order chi connectivity index (χ0) is 37.0. The molecule has 4 heteroatoms. The minimum Gasteiger partial charge on any atom is -0.310 e. The fourth-order valence-corrected chi connectivity index (χ4v) is 9.68. The van der Waals surface area contributed by atoms with Gasteiger partial charge in [0, 0.05) is 70.5 Å². The molecule has 56 heavy (non-hydrogen) atoms. The lowest BCUT2D eigenvalue weighted by molar-refractivity contribution is 1.19. The van der Waals surface area contributed by atoms with Crippen LogP contribution in [0, 0.1) is 0 Å². The second-order valence-electron chi connectivity index (χ2n) is 14.2. The van der Waals surface area contributed by atoms with E-state index in [1.165, 1.54) is 52.8 Å². The lowest BCUT2D eigenvalue weighted by atomic mass is 10.0. The van der Waals surface area contributed by atoms with Crippen LogP contribution < -0.4 is 9.80 Å². The van der Waals surface area contributed by atoms with E-state index >= 15 is 0 Å². The first-order valence-corrected chi connectivity index (χ1v) is 19.8. The van der Waals surface area contributed by atoms with Crippen molar-refractivity contribution in [1.29, 1.82) is 0 Å². The molecule has 2 heterocycles. The fourth-order valence-electron chi connectivity index (χ4n) is 8.48. The summed E-state index contributed by atoms with van der Waals surface area (Å²) in [6.45, 7) is 0. The Balaban J connectivity index is 1.21. The van der Waals surface area contributed by atoms with Gasteiger partial charge in [0.1, 0.15) is 0 Å². The summed E-state index contributed by atoms with van der Waals surface area (Å²) in [4.78, 5) is 4.79. The molecule has 0 amide bonds. The molecule has 0 bridgehead atoms. The zero-order valence-electron chi connectivity index (χ0n) is 30.5. The molecule has 0 N–H and O–H groups in total. The van der Waals surface area contributed by atoms with Gasteiger partial charge >= 0.3 is 0 Å². The summed E-state index contributed by atoms with van der Waals surface area (Å²) in [6.07, 6.45) is 0. The Bertz CT molecular complexity index is 3110. The number of anilines is 6. The quantitative estimate of drug-likeness (QED) is 0.162.